The zero-order chi connectivity index (χ0) is 15.0. The Morgan fingerprint density at radius 3 is 2.52 bits per heavy atom. The average molecular weight is 299 g/mol. The molecule has 0 aliphatic rings. The highest BCUT2D eigenvalue weighted by molar-refractivity contribution is 7.82. The molecule has 108 valence electrons. The van der Waals surface area contributed by atoms with Gasteiger partial charge >= 0.3 is 0 Å². The molecule has 0 fully saturated rings. The van der Waals surface area contributed by atoms with Crippen LogP contribution < -0.4 is 4.72 Å². The van der Waals surface area contributed by atoms with Crippen LogP contribution in [0.15, 0.2) is 47.8 Å². The molecular weight excluding hydrogens is 282 g/mol. The maximum atomic E-state index is 12.3. The smallest absolute Gasteiger partial charge is 0.234 e. The maximum Gasteiger partial charge on any atom is 0.234 e. The quantitative estimate of drug-likeness (QED) is 0.584. The Bertz CT molecular complexity index is 840. The molecule has 0 saturated heterocycles. The van der Waals surface area contributed by atoms with Crippen LogP contribution in [0.2, 0.25) is 0 Å². The van der Waals surface area contributed by atoms with Gasteiger partial charge in [-0.2, -0.15) is 0 Å². The summed E-state index contributed by atoms with van der Waals surface area (Å²) in [5, 5.41) is 3.43. The molecular formula is C16H17N3OS. The van der Waals surface area contributed by atoms with E-state index in [0.29, 0.717) is 5.16 Å². The van der Waals surface area contributed by atoms with E-state index in [0.717, 1.165) is 21.7 Å². The number of nitrogens with one attached hydrogen (secondary N) is 1. The zero-order valence-electron chi connectivity index (χ0n) is 12.3. The van der Waals surface area contributed by atoms with Gasteiger partial charge in [0.2, 0.25) is 5.16 Å². The minimum Gasteiger partial charge on any atom is -0.234 e. The first kappa shape index (κ1) is 14.1. The van der Waals surface area contributed by atoms with Gasteiger partial charge in [0.25, 0.3) is 0 Å². The summed E-state index contributed by atoms with van der Waals surface area (Å²) in [5.74, 6) is 0. The highest BCUT2D eigenvalue weighted by Gasteiger charge is 2.17. The molecule has 0 bridgehead atoms. The van der Waals surface area contributed by atoms with Crippen LogP contribution in [0.1, 0.15) is 20.8 Å². The third kappa shape index (κ3) is 2.94. The van der Waals surface area contributed by atoms with Crippen LogP contribution in [0.4, 0.5) is 0 Å². The molecule has 3 aromatic rings. The number of fused-ring (bicyclic) bond motifs is 3. The molecule has 1 heterocycles. The zero-order valence-corrected chi connectivity index (χ0v) is 13.1. The van der Waals surface area contributed by atoms with Crippen molar-refractivity contribution in [3.8, 4) is 0 Å². The Morgan fingerprint density at radius 2 is 1.76 bits per heavy atom. The Labute approximate surface area is 126 Å². The van der Waals surface area contributed by atoms with Crippen molar-refractivity contribution >= 4 is 32.7 Å². The minimum atomic E-state index is -1.42. The lowest BCUT2D eigenvalue weighted by Gasteiger charge is -2.18. The summed E-state index contributed by atoms with van der Waals surface area (Å²) in [6.07, 6.45) is 1.73. The Hall–Kier alpha value is -1.85. The summed E-state index contributed by atoms with van der Waals surface area (Å²) in [6, 6.07) is 12.1. The summed E-state index contributed by atoms with van der Waals surface area (Å²) in [7, 11) is -1.42. The highest BCUT2D eigenvalue weighted by atomic mass is 32.2. The largest absolute Gasteiger partial charge is 0.234 e. The predicted molar refractivity (Wildman–Crippen MR) is 86.3 cm³/mol. The summed E-state index contributed by atoms with van der Waals surface area (Å²) in [5.41, 5.74) is 0.573. The fourth-order valence-corrected chi connectivity index (χ4v) is 3.13. The lowest BCUT2D eigenvalue weighted by Crippen LogP contribution is -2.37. The van der Waals surface area contributed by atoms with Crippen molar-refractivity contribution in [3.63, 3.8) is 0 Å². The number of hydrogen-bond acceptors (Lipinski definition) is 3. The molecule has 1 atom stereocenters. The van der Waals surface area contributed by atoms with E-state index in [1.54, 1.807) is 6.20 Å². The van der Waals surface area contributed by atoms with Gasteiger partial charge in [-0.3, -0.25) is 0 Å². The molecule has 3 rings (SSSR count). The van der Waals surface area contributed by atoms with Crippen molar-refractivity contribution in [1.29, 1.82) is 0 Å². The molecule has 5 heteroatoms. The fraction of sp³-hybridized carbons (Fsp3) is 0.250. The molecule has 21 heavy (non-hydrogen) atoms. The van der Waals surface area contributed by atoms with E-state index in [9.17, 15) is 4.21 Å². The molecule has 0 amide bonds. The van der Waals surface area contributed by atoms with Crippen LogP contribution in [0, 0.1) is 0 Å². The van der Waals surface area contributed by atoms with Crippen molar-refractivity contribution in [1.82, 2.24) is 14.7 Å². The second-order valence-corrected chi connectivity index (χ2v) is 7.10. The Balaban J connectivity index is 2.14. The van der Waals surface area contributed by atoms with E-state index < -0.39 is 11.0 Å². The van der Waals surface area contributed by atoms with Crippen LogP contribution in [0.3, 0.4) is 0 Å². The van der Waals surface area contributed by atoms with E-state index in [1.807, 2.05) is 57.2 Å². The second kappa shape index (κ2) is 5.16. The molecule has 0 radical (unpaired) electrons. The van der Waals surface area contributed by atoms with Gasteiger partial charge in [-0.15, -0.1) is 0 Å². The topological polar surface area (TPSA) is 54.9 Å². The monoisotopic (exact) mass is 299 g/mol. The SMILES string of the molecule is CC(C)(C)NS(=O)c1ncc2ccc3ccccc3c2n1. The molecule has 1 unspecified atom stereocenters. The van der Waals surface area contributed by atoms with Gasteiger partial charge < -0.3 is 0 Å². The number of benzene rings is 2. The van der Waals surface area contributed by atoms with Crippen LogP contribution in [-0.4, -0.2) is 19.7 Å². The van der Waals surface area contributed by atoms with Crippen LogP contribution >= 0.6 is 0 Å². The van der Waals surface area contributed by atoms with Gasteiger partial charge in [0, 0.05) is 22.5 Å². The summed E-state index contributed by atoms with van der Waals surface area (Å²) >= 11 is 0. The molecule has 2 aromatic carbocycles. The van der Waals surface area contributed by atoms with E-state index in [-0.39, 0.29) is 5.54 Å². The molecule has 0 spiro atoms. The number of aromatic nitrogens is 2. The van der Waals surface area contributed by atoms with Crippen molar-refractivity contribution in [3.05, 3.63) is 42.6 Å². The first-order valence-electron chi connectivity index (χ1n) is 6.78. The molecule has 4 nitrogen and oxygen atoms in total. The van der Waals surface area contributed by atoms with Crippen molar-refractivity contribution in [2.45, 2.75) is 31.5 Å². The fourth-order valence-electron chi connectivity index (χ4n) is 2.16. The molecule has 0 aliphatic heterocycles. The van der Waals surface area contributed by atoms with Crippen LogP contribution in [-0.2, 0) is 11.0 Å². The average Bonchev–Trinajstić information content (AvgIpc) is 2.45. The molecule has 0 aliphatic carbocycles. The van der Waals surface area contributed by atoms with Gasteiger partial charge in [-0.25, -0.2) is 18.9 Å². The second-order valence-electron chi connectivity index (χ2n) is 6.00. The number of rotatable bonds is 2. The maximum absolute atomic E-state index is 12.3. The van der Waals surface area contributed by atoms with Crippen LogP contribution in [0.25, 0.3) is 21.7 Å². The molecule has 0 saturated carbocycles. The first-order valence-corrected chi connectivity index (χ1v) is 7.93. The third-order valence-corrected chi connectivity index (χ3v) is 4.34. The highest BCUT2D eigenvalue weighted by Crippen LogP contribution is 2.23. The number of hydrogen-bond donors (Lipinski definition) is 1. The van der Waals surface area contributed by atoms with E-state index in [1.165, 1.54) is 0 Å². The molecule has 1 aromatic heterocycles. The first-order chi connectivity index (χ1) is 9.94. The number of nitrogens with zero attached hydrogens (tertiary/aromatic N) is 2. The summed E-state index contributed by atoms with van der Waals surface area (Å²) < 4.78 is 15.3. The van der Waals surface area contributed by atoms with E-state index in [4.69, 9.17) is 0 Å². The lowest BCUT2D eigenvalue weighted by atomic mass is 10.1. The predicted octanol–water partition coefficient (Wildman–Crippen LogP) is 3.19. The lowest BCUT2D eigenvalue weighted by molar-refractivity contribution is 0.517. The minimum absolute atomic E-state index is 0.262. The van der Waals surface area contributed by atoms with Gasteiger partial charge in [-0.1, -0.05) is 36.4 Å². The Kier molecular flexibility index (Phi) is 3.47. The van der Waals surface area contributed by atoms with Crippen molar-refractivity contribution in [2.75, 3.05) is 0 Å². The van der Waals surface area contributed by atoms with Gasteiger partial charge in [0.15, 0.2) is 11.0 Å². The normalized spacial score (nSPS) is 13.7. The van der Waals surface area contributed by atoms with Crippen molar-refractivity contribution < 1.29 is 4.21 Å². The third-order valence-electron chi connectivity index (χ3n) is 3.02. The molecule has 1 N–H and O–H groups in total. The summed E-state index contributed by atoms with van der Waals surface area (Å²) in [6.45, 7) is 5.88. The van der Waals surface area contributed by atoms with Gasteiger partial charge in [0.1, 0.15) is 0 Å². The van der Waals surface area contributed by atoms with E-state index in [2.05, 4.69) is 14.7 Å². The van der Waals surface area contributed by atoms with Crippen molar-refractivity contribution in [2.24, 2.45) is 0 Å². The van der Waals surface area contributed by atoms with Gasteiger partial charge in [0.05, 0.1) is 5.52 Å². The standard InChI is InChI=1S/C16H17N3OS/c1-16(2,3)19-21(20)15-17-10-12-9-8-11-6-4-5-7-13(11)14(12)18-15/h4-10,19H,1-3H3. The summed E-state index contributed by atoms with van der Waals surface area (Å²) in [4.78, 5) is 8.74. The Morgan fingerprint density at radius 1 is 1.05 bits per heavy atom. The van der Waals surface area contributed by atoms with E-state index >= 15 is 0 Å². The van der Waals surface area contributed by atoms with Crippen LogP contribution in [0.5, 0.6) is 0 Å². The van der Waals surface area contributed by atoms with Gasteiger partial charge in [-0.05, 0) is 26.2 Å².